The highest BCUT2D eigenvalue weighted by molar-refractivity contribution is 7.25. The Bertz CT molecular complexity index is 4520. The second-order valence-corrected chi connectivity index (χ2v) is 21.8. The van der Waals surface area contributed by atoms with Crippen molar-refractivity contribution in [2.75, 3.05) is 4.90 Å². The van der Waals surface area contributed by atoms with Gasteiger partial charge in [0, 0.05) is 37.2 Å². The maximum Gasteiger partial charge on any atom is 0.0713 e. The summed E-state index contributed by atoms with van der Waals surface area (Å²) in [6, 6.07) is 114. The number of rotatable bonds is 10. The highest BCUT2D eigenvalue weighted by Crippen LogP contribution is 2.57. The molecule has 0 unspecified atom stereocenters. The Labute approximate surface area is 465 Å². The van der Waals surface area contributed by atoms with Gasteiger partial charge < -0.3 is 4.90 Å². The molecule has 13 aromatic carbocycles. The minimum Gasteiger partial charge on any atom is -0.311 e. The van der Waals surface area contributed by atoms with Gasteiger partial charge in [-0.05, 0) is 167 Å². The monoisotopic (exact) mass is 1020 g/mol. The van der Waals surface area contributed by atoms with E-state index in [9.17, 15) is 0 Å². The average Bonchev–Trinajstić information content (AvgIpc) is 4.19. The standard InChI is InChI=1S/C77H51NS/c1-3-19-63(20-4-1)77(64-21-5-2-6-22-64)72-26-11-9-23-69(72)70-48-41-62(51-73(70)77)56-37-44-66(45-38-56)78(67-46-39-57(40-47-67)68-25-14-28-75-76(68)71-24-10-12-27-74(71)79-75)65-42-35-54(36-43-65)53-29-31-55(32-30-53)59-17-13-18-60(49-59)61-34-33-52-15-7-8-16-58(52)50-61/h1-51H. The minimum absolute atomic E-state index is 0.464. The van der Waals surface area contributed by atoms with Gasteiger partial charge in [-0.25, -0.2) is 0 Å². The van der Waals surface area contributed by atoms with Crippen LogP contribution in [0.2, 0.25) is 0 Å². The van der Waals surface area contributed by atoms with Crippen LogP contribution in [-0.2, 0) is 5.41 Å². The second-order valence-electron chi connectivity index (χ2n) is 20.8. The van der Waals surface area contributed by atoms with Crippen molar-refractivity contribution in [3.63, 3.8) is 0 Å². The number of anilines is 3. The smallest absolute Gasteiger partial charge is 0.0713 e. The summed E-state index contributed by atoms with van der Waals surface area (Å²) in [7, 11) is 0. The van der Waals surface area contributed by atoms with Crippen molar-refractivity contribution >= 4 is 59.3 Å². The third-order valence-corrected chi connectivity index (χ3v) is 17.5. The first-order valence-electron chi connectivity index (χ1n) is 27.2. The Kier molecular flexibility index (Phi) is 11.3. The molecule has 0 bridgehead atoms. The van der Waals surface area contributed by atoms with Crippen molar-refractivity contribution in [1.29, 1.82) is 0 Å². The maximum atomic E-state index is 2.45. The fourth-order valence-electron chi connectivity index (χ4n) is 12.6. The lowest BCUT2D eigenvalue weighted by Gasteiger charge is -2.34. The first kappa shape index (κ1) is 46.4. The van der Waals surface area contributed by atoms with E-state index in [1.54, 1.807) is 0 Å². The van der Waals surface area contributed by atoms with Gasteiger partial charge in [0.2, 0.25) is 0 Å². The molecule has 0 fully saturated rings. The normalized spacial score (nSPS) is 12.4. The van der Waals surface area contributed by atoms with Crippen LogP contribution in [0.25, 0.3) is 97.7 Å². The SMILES string of the molecule is c1ccc(C2(c3ccccc3)c3ccccc3-c3ccc(-c4ccc(N(c5ccc(-c6ccc(-c7cccc(-c8ccc9ccccc9c8)c7)cc6)cc5)c5ccc(-c6cccc7sc8ccccc8c67)cc5)cc4)cc32)cc1. The molecule has 1 nitrogen and oxygen atoms in total. The van der Waals surface area contributed by atoms with E-state index < -0.39 is 5.41 Å². The molecule has 370 valence electrons. The minimum atomic E-state index is -0.464. The molecule has 15 rings (SSSR count). The van der Waals surface area contributed by atoms with Gasteiger partial charge in [0.05, 0.1) is 5.41 Å². The summed E-state index contributed by atoms with van der Waals surface area (Å²) in [6.07, 6.45) is 0. The van der Waals surface area contributed by atoms with Crippen molar-refractivity contribution in [1.82, 2.24) is 0 Å². The molecule has 2 heteroatoms. The summed E-state index contributed by atoms with van der Waals surface area (Å²) in [5, 5.41) is 5.14. The van der Waals surface area contributed by atoms with Crippen LogP contribution in [0.5, 0.6) is 0 Å². The van der Waals surface area contributed by atoms with Crippen LogP contribution in [0.3, 0.4) is 0 Å². The Morgan fingerprint density at radius 1 is 0.253 bits per heavy atom. The first-order valence-corrected chi connectivity index (χ1v) is 28.0. The number of nitrogens with zero attached hydrogens (tertiary/aromatic N) is 1. The molecule has 0 saturated heterocycles. The lowest BCUT2D eigenvalue weighted by atomic mass is 9.67. The molecule has 1 aliphatic rings. The van der Waals surface area contributed by atoms with Crippen molar-refractivity contribution < 1.29 is 0 Å². The van der Waals surface area contributed by atoms with Crippen molar-refractivity contribution in [2.45, 2.75) is 5.41 Å². The molecule has 0 saturated carbocycles. The molecule has 79 heavy (non-hydrogen) atoms. The van der Waals surface area contributed by atoms with E-state index in [0.717, 1.165) is 17.1 Å². The summed E-state index contributed by atoms with van der Waals surface area (Å²) >= 11 is 1.86. The number of hydrogen-bond acceptors (Lipinski definition) is 2. The van der Waals surface area contributed by atoms with Crippen LogP contribution in [0, 0.1) is 0 Å². The van der Waals surface area contributed by atoms with E-state index in [1.807, 2.05) is 11.3 Å². The molecule has 0 spiro atoms. The molecule has 0 amide bonds. The third kappa shape index (κ3) is 7.99. The van der Waals surface area contributed by atoms with Crippen LogP contribution >= 0.6 is 11.3 Å². The molecule has 0 aliphatic heterocycles. The molecule has 14 aromatic rings. The molecular weight excluding hydrogens is 971 g/mol. The first-order chi connectivity index (χ1) is 39.1. The Morgan fingerprint density at radius 2 is 0.696 bits per heavy atom. The zero-order chi connectivity index (χ0) is 52.3. The molecular formula is C77H51NS. The summed E-state index contributed by atoms with van der Waals surface area (Å²) in [4.78, 5) is 2.39. The fourth-order valence-corrected chi connectivity index (χ4v) is 13.7. The highest BCUT2D eigenvalue weighted by Gasteiger charge is 2.46. The average molecular weight is 1020 g/mol. The van der Waals surface area contributed by atoms with E-state index in [4.69, 9.17) is 0 Å². The van der Waals surface area contributed by atoms with Gasteiger partial charge in [0.15, 0.2) is 0 Å². The van der Waals surface area contributed by atoms with E-state index >= 15 is 0 Å². The Morgan fingerprint density at radius 3 is 1.37 bits per heavy atom. The third-order valence-electron chi connectivity index (χ3n) is 16.4. The van der Waals surface area contributed by atoms with Crippen LogP contribution in [0.15, 0.2) is 309 Å². The molecule has 1 heterocycles. The van der Waals surface area contributed by atoms with Crippen molar-refractivity contribution in [2.24, 2.45) is 0 Å². The Hall–Kier alpha value is -9.86. The molecule has 1 aliphatic carbocycles. The molecule has 0 radical (unpaired) electrons. The summed E-state index contributed by atoms with van der Waals surface area (Å²) < 4.78 is 2.62. The summed E-state index contributed by atoms with van der Waals surface area (Å²) in [5.74, 6) is 0. The number of hydrogen-bond donors (Lipinski definition) is 0. The van der Waals surface area contributed by atoms with Gasteiger partial charge in [0.25, 0.3) is 0 Å². The van der Waals surface area contributed by atoms with Gasteiger partial charge in [-0.2, -0.15) is 0 Å². The van der Waals surface area contributed by atoms with Gasteiger partial charge in [0.1, 0.15) is 0 Å². The van der Waals surface area contributed by atoms with Crippen LogP contribution in [0.1, 0.15) is 22.3 Å². The fraction of sp³-hybridized carbons (Fsp3) is 0.0130. The number of thiophene rings is 1. The Balaban J connectivity index is 0.784. The van der Waals surface area contributed by atoms with Gasteiger partial charge in [-0.3, -0.25) is 0 Å². The number of benzene rings is 13. The van der Waals surface area contributed by atoms with E-state index in [-0.39, 0.29) is 0 Å². The van der Waals surface area contributed by atoms with Gasteiger partial charge in [-0.1, -0.05) is 243 Å². The zero-order valence-electron chi connectivity index (χ0n) is 43.3. The molecule has 0 N–H and O–H groups in total. The van der Waals surface area contributed by atoms with E-state index in [1.165, 1.54) is 120 Å². The number of fused-ring (bicyclic) bond motifs is 7. The zero-order valence-corrected chi connectivity index (χ0v) is 44.1. The molecule has 1 aromatic heterocycles. The predicted molar refractivity (Wildman–Crippen MR) is 336 cm³/mol. The summed E-state index contributed by atoms with van der Waals surface area (Å²) in [6.45, 7) is 0. The highest BCUT2D eigenvalue weighted by atomic mass is 32.1. The van der Waals surface area contributed by atoms with Crippen LogP contribution in [-0.4, -0.2) is 0 Å². The van der Waals surface area contributed by atoms with E-state index in [0.29, 0.717) is 0 Å². The van der Waals surface area contributed by atoms with Crippen molar-refractivity contribution in [3.8, 4) is 66.8 Å². The quantitative estimate of drug-likeness (QED) is 0.132. The van der Waals surface area contributed by atoms with E-state index in [2.05, 4.69) is 314 Å². The lowest BCUT2D eigenvalue weighted by Crippen LogP contribution is -2.28. The lowest BCUT2D eigenvalue weighted by molar-refractivity contribution is 0.769. The van der Waals surface area contributed by atoms with Gasteiger partial charge >= 0.3 is 0 Å². The van der Waals surface area contributed by atoms with Crippen molar-refractivity contribution in [3.05, 3.63) is 332 Å². The van der Waals surface area contributed by atoms with Crippen LogP contribution in [0.4, 0.5) is 17.1 Å². The van der Waals surface area contributed by atoms with Gasteiger partial charge in [-0.15, -0.1) is 11.3 Å². The van der Waals surface area contributed by atoms with Crippen LogP contribution < -0.4 is 4.90 Å². The second kappa shape index (κ2) is 19.3. The topological polar surface area (TPSA) is 3.24 Å². The summed E-state index contributed by atoms with van der Waals surface area (Å²) in [5.41, 5.74) is 22.5. The predicted octanol–water partition coefficient (Wildman–Crippen LogP) is 21.4. The molecule has 0 atom stereocenters. The largest absolute Gasteiger partial charge is 0.311 e. The maximum absolute atomic E-state index is 2.45.